The molecule has 1 fully saturated rings. The molecule has 2 rings (SSSR count). The third kappa shape index (κ3) is 1.94. The molecule has 1 unspecified atom stereocenters. The number of benzene rings is 1. The van der Waals surface area contributed by atoms with Gasteiger partial charge in [-0.1, -0.05) is 12.1 Å². The van der Waals surface area contributed by atoms with Gasteiger partial charge in [0.2, 0.25) is 0 Å². The van der Waals surface area contributed by atoms with Gasteiger partial charge in [-0.2, -0.15) is 0 Å². The Kier molecular flexibility index (Phi) is 2.94. The molecule has 0 saturated carbocycles. The number of nitrogens with two attached hydrogens (primary N) is 1. The van der Waals surface area contributed by atoms with Crippen LogP contribution in [0.2, 0.25) is 0 Å². The van der Waals surface area contributed by atoms with Gasteiger partial charge in [0.05, 0.1) is 24.8 Å². The first-order chi connectivity index (χ1) is 7.65. The maximum absolute atomic E-state index is 11.2. The van der Waals surface area contributed by atoms with Crippen LogP contribution in [0.5, 0.6) is 0 Å². The van der Waals surface area contributed by atoms with Gasteiger partial charge in [-0.15, -0.1) is 0 Å². The van der Waals surface area contributed by atoms with E-state index in [1.54, 1.807) is 12.1 Å². The summed E-state index contributed by atoms with van der Waals surface area (Å²) in [6.45, 7) is 1.22. The van der Waals surface area contributed by atoms with Gasteiger partial charge in [-0.25, -0.2) is 4.79 Å². The van der Waals surface area contributed by atoms with Gasteiger partial charge in [0, 0.05) is 6.61 Å². The van der Waals surface area contributed by atoms with Crippen LogP contribution in [0.1, 0.15) is 22.3 Å². The van der Waals surface area contributed by atoms with Crippen LogP contribution >= 0.6 is 0 Å². The lowest BCUT2D eigenvalue weighted by molar-refractivity contribution is 0.0600. The van der Waals surface area contributed by atoms with Crippen molar-refractivity contribution in [1.82, 2.24) is 0 Å². The minimum absolute atomic E-state index is 0.333. The van der Waals surface area contributed by atoms with Crippen LogP contribution in [0.4, 0.5) is 0 Å². The average molecular weight is 221 g/mol. The summed E-state index contributed by atoms with van der Waals surface area (Å²) in [6, 6.07) is 7.18. The van der Waals surface area contributed by atoms with Gasteiger partial charge < -0.3 is 15.2 Å². The largest absolute Gasteiger partial charge is 0.465 e. The molecular weight excluding hydrogens is 206 g/mol. The highest BCUT2D eigenvalue weighted by atomic mass is 16.5. The molecule has 1 heterocycles. The van der Waals surface area contributed by atoms with Crippen LogP contribution < -0.4 is 5.73 Å². The molecule has 1 aliphatic heterocycles. The summed E-state index contributed by atoms with van der Waals surface area (Å²) in [7, 11) is 1.37. The zero-order valence-electron chi connectivity index (χ0n) is 9.23. The predicted molar refractivity (Wildman–Crippen MR) is 59.1 cm³/mol. The fourth-order valence-corrected chi connectivity index (χ4v) is 1.86. The van der Waals surface area contributed by atoms with E-state index < -0.39 is 5.54 Å². The number of methoxy groups -OCH3 is 1. The van der Waals surface area contributed by atoms with E-state index in [2.05, 4.69) is 4.74 Å². The molecule has 1 atom stereocenters. The summed E-state index contributed by atoms with van der Waals surface area (Å²) < 4.78 is 9.93. The lowest BCUT2D eigenvalue weighted by atomic mass is 9.90. The summed E-state index contributed by atoms with van der Waals surface area (Å²) in [5.41, 5.74) is 7.32. The molecule has 0 aliphatic carbocycles. The number of carbonyl (C=O) groups excluding carboxylic acids is 1. The quantitative estimate of drug-likeness (QED) is 0.758. The minimum Gasteiger partial charge on any atom is -0.465 e. The molecule has 0 aromatic heterocycles. The Balaban J connectivity index is 2.22. The van der Waals surface area contributed by atoms with Crippen molar-refractivity contribution in [1.29, 1.82) is 0 Å². The first kappa shape index (κ1) is 11.1. The standard InChI is InChI=1S/C12H15NO3/c1-15-11(14)9-2-4-10(5-3-9)12(13)6-7-16-8-12/h2-5H,6-8,13H2,1H3. The van der Waals surface area contributed by atoms with Crippen LogP contribution in [-0.2, 0) is 15.0 Å². The van der Waals surface area contributed by atoms with Crippen molar-refractivity contribution in [2.45, 2.75) is 12.0 Å². The van der Waals surface area contributed by atoms with E-state index in [1.165, 1.54) is 7.11 Å². The summed E-state index contributed by atoms with van der Waals surface area (Å²) in [5, 5.41) is 0. The molecule has 1 aliphatic rings. The van der Waals surface area contributed by atoms with Crippen LogP contribution in [-0.4, -0.2) is 26.3 Å². The smallest absolute Gasteiger partial charge is 0.337 e. The van der Waals surface area contributed by atoms with E-state index in [4.69, 9.17) is 10.5 Å². The van der Waals surface area contributed by atoms with Gasteiger partial charge in [0.1, 0.15) is 0 Å². The molecule has 16 heavy (non-hydrogen) atoms. The van der Waals surface area contributed by atoms with Crippen LogP contribution in [0, 0.1) is 0 Å². The molecule has 1 aromatic rings. The Bertz CT molecular complexity index is 380. The second kappa shape index (κ2) is 4.23. The van der Waals surface area contributed by atoms with Crippen LogP contribution in [0.25, 0.3) is 0 Å². The highest BCUT2D eigenvalue weighted by molar-refractivity contribution is 5.89. The van der Waals surface area contributed by atoms with Crippen molar-refractivity contribution in [3.8, 4) is 0 Å². The Labute approximate surface area is 94.3 Å². The second-order valence-corrected chi connectivity index (χ2v) is 4.03. The number of carbonyl (C=O) groups is 1. The van der Waals surface area contributed by atoms with Crippen molar-refractivity contribution < 1.29 is 14.3 Å². The number of esters is 1. The van der Waals surface area contributed by atoms with Crippen LogP contribution in [0.3, 0.4) is 0 Å². The molecule has 4 heteroatoms. The number of hydrogen-bond acceptors (Lipinski definition) is 4. The maximum Gasteiger partial charge on any atom is 0.337 e. The fraction of sp³-hybridized carbons (Fsp3) is 0.417. The molecule has 86 valence electrons. The molecule has 0 amide bonds. The normalized spacial score (nSPS) is 24.4. The van der Waals surface area contributed by atoms with E-state index in [-0.39, 0.29) is 5.97 Å². The molecular formula is C12H15NO3. The molecule has 4 nitrogen and oxygen atoms in total. The van der Waals surface area contributed by atoms with Crippen molar-refractivity contribution in [3.05, 3.63) is 35.4 Å². The van der Waals surface area contributed by atoms with E-state index in [9.17, 15) is 4.79 Å². The zero-order valence-corrected chi connectivity index (χ0v) is 9.23. The first-order valence-electron chi connectivity index (χ1n) is 5.21. The van der Waals surface area contributed by atoms with Gasteiger partial charge in [-0.05, 0) is 24.1 Å². The summed E-state index contributed by atoms with van der Waals surface area (Å²) in [6.07, 6.45) is 0.810. The Morgan fingerprint density at radius 3 is 2.62 bits per heavy atom. The van der Waals surface area contributed by atoms with E-state index in [0.29, 0.717) is 18.8 Å². The van der Waals surface area contributed by atoms with E-state index in [0.717, 1.165) is 12.0 Å². The third-order valence-corrected chi connectivity index (χ3v) is 2.93. The lowest BCUT2D eigenvalue weighted by Crippen LogP contribution is -2.36. The van der Waals surface area contributed by atoms with E-state index in [1.807, 2.05) is 12.1 Å². The van der Waals surface area contributed by atoms with Gasteiger partial charge in [0.25, 0.3) is 0 Å². The van der Waals surface area contributed by atoms with Crippen molar-refractivity contribution in [3.63, 3.8) is 0 Å². The number of hydrogen-bond donors (Lipinski definition) is 1. The third-order valence-electron chi connectivity index (χ3n) is 2.93. The summed E-state index contributed by atoms with van der Waals surface area (Å²) in [4.78, 5) is 11.2. The number of rotatable bonds is 2. The Morgan fingerprint density at radius 1 is 1.44 bits per heavy atom. The topological polar surface area (TPSA) is 61.5 Å². The molecule has 0 radical (unpaired) electrons. The highest BCUT2D eigenvalue weighted by Gasteiger charge is 2.32. The zero-order chi connectivity index (χ0) is 11.6. The molecule has 1 aromatic carbocycles. The fourth-order valence-electron chi connectivity index (χ4n) is 1.86. The van der Waals surface area contributed by atoms with Gasteiger partial charge in [0.15, 0.2) is 0 Å². The summed E-state index contributed by atoms with van der Waals surface area (Å²) in [5.74, 6) is -0.333. The van der Waals surface area contributed by atoms with Crippen molar-refractivity contribution >= 4 is 5.97 Å². The summed E-state index contributed by atoms with van der Waals surface area (Å²) >= 11 is 0. The van der Waals surface area contributed by atoms with Crippen LogP contribution in [0.15, 0.2) is 24.3 Å². The first-order valence-corrected chi connectivity index (χ1v) is 5.21. The molecule has 2 N–H and O–H groups in total. The monoisotopic (exact) mass is 221 g/mol. The Morgan fingerprint density at radius 2 is 2.12 bits per heavy atom. The van der Waals surface area contributed by atoms with E-state index >= 15 is 0 Å². The maximum atomic E-state index is 11.2. The lowest BCUT2D eigenvalue weighted by Gasteiger charge is -2.22. The van der Waals surface area contributed by atoms with Gasteiger partial charge >= 0.3 is 5.97 Å². The van der Waals surface area contributed by atoms with Crippen molar-refractivity contribution in [2.75, 3.05) is 20.3 Å². The van der Waals surface area contributed by atoms with Gasteiger partial charge in [-0.3, -0.25) is 0 Å². The number of ether oxygens (including phenoxy) is 2. The average Bonchev–Trinajstić information content (AvgIpc) is 2.77. The SMILES string of the molecule is COC(=O)c1ccc(C2(N)CCOC2)cc1. The second-order valence-electron chi connectivity index (χ2n) is 4.03. The predicted octanol–water partition coefficient (Wildman–Crippen LogP) is 1.05. The minimum atomic E-state index is -0.408. The van der Waals surface area contributed by atoms with Crippen molar-refractivity contribution in [2.24, 2.45) is 5.73 Å². The molecule has 0 bridgehead atoms. The molecule has 1 saturated heterocycles. The molecule has 0 spiro atoms. The Hall–Kier alpha value is -1.39. The highest BCUT2D eigenvalue weighted by Crippen LogP contribution is 2.27.